The second-order valence-electron chi connectivity index (χ2n) is 4.75. The van der Waals surface area contributed by atoms with Crippen LogP contribution in [0.1, 0.15) is 36.8 Å². The summed E-state index contributed by atoms with van der Waals surface area (Å²) in [6.07, 6.45) is -0.316. The van der Waals surface area contributed by atoms with Gasteiger partial charge in [0, 0.05) is 10.0 Å². The molecule has 0 spiro atoms. The molecule has 0 atom stereocenters. The van der Waals surface area contributed by atoms with Gasteiger partial charge in [-0.2, -0.15) is 13.2 Å². The lowest BCUT2D eigenvalue weighted by molar-refractivity contribution is -0.138. The first kappa shape index (κ1) is 15.3. The van der Waals surface area contributed by atoms with Gasteiger partial charge in [0.25, 0.3) is 0 Å². The molecule has 1 aliphatic rings. The molecule has 0 unspecified atom stereocenters. The van der Waals surface area contributed by atoms with Gasteiger partial charge in [-0.25, -0.2) is 5.84 Å². The number of nitrogens with zero attached hydrogens (tertiary/aromatic N) is 1. The Morgan fingerprint density at radius 2 is 1.95 bits per heavy atom. The van der Waals surface area contributed by atoms with Crippen LogP contribution in [-0.2, 0) is 6.18 Å². The van der Waals surface area contributed by atoms with E-state index in [1.807, 2.05) is 0 Å². The molecule has 1 fully saturated rings. The van der Waals surface area contributed by atoms with Crippen LogP contribution in [0.25, 0.3) is 0 Å². The number of hydrazine groups is 1. The van der Waals surface area contributed by atoms with Crippen LogP contribution in [0.5, 0.6) is 0 Å². The molecule has 110 valence electrons. The van der Waals surface area contributed by atoms with E-state index in [1.165, 1.54) is 6.07 Å². The van der Waals surface area contributed by atoms with Crippen molar-refractivity contribution in [1.82, 2.24) is 5.43 Å². The van der Waals surface area contributed by atoms with E-state index in [0.717, 1.165) is 31.7 Å². The maximum absolute atomic E-state index is 12.9. The molecule has 1 saturated carbocycles. The predicted octanol–water partition coefficient (Wildman–Crippen LogP) is 3.62. The fourth-order valence-corrected chi connectivity index (χ4v) is 2.77. The highest BCUT2D eigenvalue weighted by Gasteiger charge is 2.33. The van der Waals surface area contributed by atoms with Crippen molar-refractivity contribution < 1.29 is 13.2 Å². The van der Waals surface area contributed by atoms with Crippen LogP contribution >= 0.6 is 15.9 Å². The summed E-state index contributed by atoms with van der Waals surface area (Å²) in [6.45, 7) is 0. The van der Waals surface area contributed by atoms with Crippen molar-refractivity contribution in [2.45, 2.75) is 37.9 Å². The van der Waals surface area contributed by atoms with Gasteiger partial charge in [-0.15, -0.1) is 0 Å². The SMILES string of the molecule is NNC(=NC1CCCC1)c1ccc(Br)c(C(F)(F)F)c1. The minimum atomic E-state index is -4.41. The van der Waals surface area contributed by atoms with Crippen LogP contribution in [0.4, 0.5) is 13.2 Å². The Kier molecular flexibility index (Phi) is 4.70. The maximum Gasteiger partial charge on any atom is 0.417 e. The molecule has 7 heteroatoms. The smallest absolute Gasteiger partial charge is 0.308 e. The van der Waals surface area contributed by atoms with Gasteiger partial charge >= 0.3 is 6.18 Å². The zero-order valence-corrected chi connectivity index (χ0v) is 12.3. The Hall–Kier alpha value is -1.08. The number of alkyl halides is 3. The summed E-state index contributed by atoms with van der Waals surface area (Å²) in [5.74, 6) is 5.71. The average molecular weight is 350 g/mol. The number of hydrogen-bond donors (Lipinski definition) is 2. The lowest BCUT2D eigenvalue weighted by Gasteiger charge is -2.13. The van der Waals surface area contributed by atoms with Gasteiger partial charge < -0.3 is 5.43 Å². The molecule has 0 saturated heterocycles. The van der Waals surface area contributed by atoms with Gasteiger partial charge in [0.1, 0.15) is 5.84 Å². The van der Waals surface area contributed by atoms with Gasteiger partial charge in [-0.05, 0) is 25.0 Å². The first-order valence-electron chi connectivity index (χ1n) is 6.33. The number of benzene rings is 1. The third-order valence-corrected chi connectivity index (χ3v) is 4.01. The maximum atomic E-state index is 12.9. The molecule has 1 aliphatic carbocycles. The molecule has 3 nitrogen and oxygen atoms in total. The van der Waals surface area contributed by atoms with Gasteiger partial charge in [-0.3, -0.25) is 4.99 Å². The van der Waals surface area contributed by atoms with Gasteiger partial charge in [0.2, 0.25) is 0 Å². The standard InChI is InChI=1S/C13H15BrF3N3/c14-11-6-5-8(7-10(11)13(15,16)17)12(20-18)19-9-3-1-2-4-9/h5-7,9H,1-4,18H2,(H,19,20). The minimum absolute atomic E-state index is 0.00554. The van der Waals surface area contributed by atoms with Gasteiger partial charge in [0.05, 0.1) is 11.6 Å². The van der Waals surface area contributed by atoms with Crippen molar-refractivity contribution in [3.63, 3.8) is 0 Å². The van der Waals surface area contributed by atoms with Gasteiger partial charge in [0.15, 0.2) is 0 Å². The third kappa shape index (κ3) is 3.52. The Labute approximate surface area is 123 Å². The van der Waals surface area contributed by atoms with Crippen molar-refractivity contribution >= 4 is 21.8 Å². The van der Waals surface area contributed by atoms with E-state index >= 15 is 0 Å². The second-order valence-corrected chi connectivity index (χ2v) is 5.61. The number of rotatable bonds is 2. The summed E-state index contributed by atoms with van der Waals surface area (Å²) in [5.41, 5.74) is 2.02. The monoisotopic (exact) mass is 349 g/mol. The highest BCUT2D eigenvalue weighted by Crippen LogP contribution is 2.35. The van der Waals surface area contributed by atoms with Crippen LogP contribution in [0.15, 0.2) is 27.7 Å². The van der Waals surface area contributed by atoms with E-state index in [0.29, 0.717) is 11.4 Å². The third-order valence-electron chi connectivity index (χ3n) is 3.32. The highest BCUT2D eigenvalue weighted by molar-refractivity contribution is 9.10. The largest absolute Gasteiger partial charge is 0.417 e. The molecule has 1 aromatic carbocycles. The molecule has 20 heavy (non-hydrogen) atoms. The zero-order valence-electron chi connectivity index (χ0n) is 10.7. The van der Waals surface area contributed by atoms with Crippen LogP contribution in [-0.4, -0.2) is 11.9 Å². The lowest BCUT2D eigenvalue weighted by Crippen LogP contribution is -2.32. The van der Waals surface area contributed by atoms with Gasteiger partial charge in [-0.1, -0.05) is 34.8 Å². The van der Waals surface area contributed by atoms with Crippen LogP contribution in [0, 0.1) is 0 Å². The van der Waals surface area contributed by atoms with E-state index in [2.05, 4.69) is 26.3 Å². The Morgan fingerprint density at radius 3 is 2.50 bits per heavy atom. The lowest BCUT2D eigenvalue weighted by atomic mass is 10.1. The zero-order chi connectivity index (χ0) is 14.8. The summed E-state index contributed by atoms with van der Waals surface area (Å²) >= 11 is 2.91. The molecule has 0 aromatic heterocycles. The average Bonchev–Trinajstić information content (AvgIpc) is 2.88. The molecule has 0 bridgehead atoms. The molecular weight excluding hydrogens is 335 g/mol. The van der Waals surface area contributed by atoms with Crippen molar-refractivity contribution in [2.75, 3.05) is 0 Å². The van der Waals surface area contributed by atoms with Crippen molar-refractivity contribution in [3.05, 3.63) is 33.8 Å². The Bertz CT molecular complexity index is 508. The quantitative estimate of drug-likeness (QED) is 0.371. The van der Waals surface area contributed by atoms with E-state index in [4.69, 9.17) is 5.84 Å². The molecule has 0 radical (unpaired) electrons. The van der Waals surface area contributed by atoms with E-state index in [9.17, 15) is 13.2 Å². The summed E-state index contributed by atoms with van der Waals surface area (Å²) in [5, 5.41) is 0. The molecule has 1 aromatic rings. The van der Waals surface area contributed by atoms with Crippen molar-refractivity contribution in [3.8, 4) is 0 Å². The molecule has 0 amide bonds. The van der Waals surface area contributed by atoms with E-state index in [1.54, 1.807) is 6.07 Å². The van der Waals surface area contributed by atoms with Crippen molar-refractivity contribution in [2.24, 2.45) is 10.8 Å². The number of halogens is 4. The minimum Gasteiger partial charge on any atom is -0.308 e. The summed E-state index contributed by atoms with van der Waals surface area (Å²) < 4.78 is 38.6. The molecular formula is C13H15BrF3N3. The number of aliphatic imine (C=N–C) groups is 1. The number of nitrogens with two attached hydrogens (primary N) is 1. The highest BCUT2D eigenvalue weighted by atomic mass is 79.9. The normalized spacial score (nSPS) is 17.6. The van der Waals surface area contributed by atoms with E-state index < -0.39 is 11.7 Å². The Balaban J connectivity index is 2.35. The molecule has 0 aliphatic heterocycles. The van der Waals surface area contributed by atoms with E-state index in [-0.39, 0.29) is 10.5 Å². The predicted molar refractivity (Wildman–Crippen MR) is 75.3 cm³/mol. The second kappa shape index (κ2) is 6.13. The number of hydrogen-bond acceptors (Lipinski definition) is 2. The molecule has 3 N–H and O–H groups in total. The van der Waals surface area contributed by atoms with Crippen molar-refractivity contribution in [1.29, 1.82) is 0 Å². The molecule has 2 rings (SSSR count). The van der Waals surface area contributed by atoms with Crippen LogP contribution in [0.3, 0.4) is 0 Å². The summed E-state index contributed by atoms with van der Waals surface area (Å²) in [6, 6.07) is 4.11. The topological polar surface area (TPSA) is 50.4 Å². The summed E-state index contributed by atoms with van der Waals surface area (Å²) in [4.78, 5) is 4.41. The number of amidine groups is 1. The van der Waals surface area contributed by atoms with Crippen LogP contribution < -0.4 is 11.3 Å². The fourth-order valence-electron chi connectivity index (χ4n) is 2.30. The molecule has 0 heterocycles. The summed E-state index contributed by atoms with van der Waals surface area (Å²) in [7, 11) is 0. The number of nitrogens with one attached hydrogen (secondary N) is 1. The Morgan fingerprint density at radius 1 is 1.30 bits per heavy atom. The first-order chi connectivity index (χ1) is 9.41. The fraction of sp³-hybridized carbons (Fsp3) is 0.462. The van der Waals surface area contributed by atoms with Crippen LogP contribution in [0.2, 0.25) is 0 Å². The first-order valence-corrected chi connectivity index (χ1v) is 7.12.